The summed E-state index contributed by atoms with van der Waals surface area (Å²) in [6.07, 6.45) is 2.53. The maximum absolute atomic E-state index is 13.0. The Bertz CT molecular complexity index is 1090. The molecule has 9 nitrogen and oxygen atoms in total. The maximum atomic E-state index is 13.0. The van der Waals surface area contributed by atoms with Crippen molar-refractivity contribution in [3.8, 4) is 0 Å². The molecule has 0 radical (unpaired) electrons. The molecule has 1 fully saturated rings. The van der Waals surface area contributed by atoms with Crippen LogP contribution >= 0.6 is 0 Å². The van der Waals surface area contributed by atoms with Crippen molar-refractivity contribution >= 4 is 33.5 Å². The van der Waals surface area contributed by atoms with Gasteiger partial charge in [0.1, 0.15) is 0 Å². The van der Waals surface area contributed by atoms with Crippen LogP contribution in [0.25, 0.3) is 0 Å². The molecule has 0 amide bonds. The van der Waals surface area contributed by atoms with Crippen molar-refractivity contribution in [2.75, 3.05) is 29.3 Å². The molecule has 0 unspecified atom stereocenters. The first kappa shape index (κ1) is 22.5. The minimum Gasteiger partial charge on any atom is -0.478 e. The number of aromatic carboxylic acids is 1. The third kappa shape index (κ3) is 5.13. The van der Waals surface area contributed by atoms with Gasteiger partial charge in [0.25, 0.3) is 10.0 Å². The van der Waals surface area contributed by atoms with Gasteiger partial charge in [0, 0.05) is 19.3 Å². The van der Waals surface area contributed by atoms with Gasteiger partial charge in [-0.2, -0.15) is 0 Å². The summed E-state index contributed by atoms with van der Waals surface area (Å²) in [6, 6.07) is 7.74. The third-order valence-corrected chi connectivity index (χ3v) is 6.61. The van der Waals surface area contributed by atoms with E-state index in [4.69, 9.17) is 4.74 Å². The Labute approximate surface area is 181 Å². The van der Waals surface area contributed by atoms with Crippen LogP contribution < -0.4 is 9.62 Å². The second kappa shape index (κ2) is 9.34. The molecule has 31 heavy (non-hydrogen) atoms. The number of nitrogens with one attached hydrogen (secondary N) is 1. The van der Waals surface area contributed by atoms with E-state index in [1.54, 1.807) is 36.9 Å². The Hall–Kier alpha value is -3.14. The highest BCUT2D eigenvalue weighted by Gasteiger charge is 2.30. The Kier molecular flexibility index (Phi) is 6.79. The van der Waals surface area contributed by atoms with Crippen molar-refractivity contribution in [2.24, 2.45) is 5.92 Å². The number of benzene rings is 1. The van der Waals surface area contributed by atoms with Crippen LogP contribution in [0.2, 0.25) is 0 Å². The number of sulfonamides is 1. The van der Waals surface area contributed by atoms with Crippen molar-refractivity contribution in [3.05, 3.63) is 47.7 Å². The van der Waals surface area contributed by atoms with Crippen LogP contribution in [0.3, 0.4) is 0 Å². The quantitative estimate of drug-likeness (QED) is 0.621. The fraction of sp³-hybridized carbons (Fsp3) is 0.381. The number of esters is 1. The van der Waals surface area contributed by atoms with Gasteiger partial charge >= 0.3 is 11.9 Å². The SMILES string of the molecule is CCOC(=O)[C@H]1CCCN(c2ncc(C(=O)O)cc2NS(=O)(=O)c2ccccc2C)C1. The van der Waals surface area contributed by atoms with Crippen LogP contribution in [0.5, 0.6) is 0 Å². The van der Waals surface area contributed by atoms with Crippen LogP contribution in [0.15, 0.2) is 41.4 Å². The Morgan fingerprint density at radius 2 is 2.06 bits per heavy atom. The average Bonchev–Trinajstić information content (AvgIpc) is 2.74. The molecule has 0 spiro atoms. The fourth-order valence-corrected chi connectivity index (χ4v) is 4.88. The maximum Gasteiger partial charge on any atom is 0.337 e. The number of hydrogen-bond acceptors (Lipinski definition) is 7. The van der Waals surface area contributed by atoms with E-state index in [-0.39, 0.29) is 40.5 Å². The van der Waals surface area contributed by atoms with E-state index in [0.717, 1.165) is 0 Å². The topological polar surface area (TPSA) is 126 Å². The number of carboxylic acid groups (broad SMARTS) is 1. The molecule has 0 aliphatic carbocycles. The Morgan fingerprint density at radius 3 is 2.74 bits per heavy atom. The Morgan fingerprint density at radius 1 is 1.32 bits per heavy atom. The molecule has 1 aromatic heterocycles. The number of piperidine rings is 1. The van der Waals surface area contributed by atoms with Gasteiger partial charge in [0.2, 0.25) is 0 Å². The molecule has 0 saturated carbocycles. The number of aromatic nitrogens is 1. The predicted octanol–water partition coefficient (Wildman–Crippen LogP) is 2.67. The lowest BCUT2D eigenvalue weighted by atomic mass is 9.98. The van der Waals surface area contributed by atoms with E-state index in [9.17, 15) is 23.1 Å². The summed E-state index contributed by atoms with van der Waals surface area (Å²) < 4.78 is 33.7. The van der Waals surface area contributed by atoms with Gasteiger partial charge in [-0.15, -0.1) is 0 Å². The van der Waals surface area contributed by atoms with Crippen LogP contribution in [0, 0.1) is 12.8 Å². The second-order valence-corrected chi connectivity index (χ2v) is 8.96. The van der Waals surface area contributed by atoms with Crippen LogP contribution in [0.4, 0.5) is 11.5 Å². The number of anilines is 2. The number of aryl methyl sites for hydroxylation is 1. The molecular formula is C21H25N3O6S. The Balaban J connectivity index is 1.97. The van der Waals surface area contributed by atoms with E-state index < -0.39 is 16.0 Å². The summed E-state index contributed by atoms with van der Waals surface area (Å²) >= 11 is 0. The summed E-state index contributed by atoms with van der Waals surface area (Å²) in [7, 11) is -3.99. The molecule has 2 aromatic rings. The summed E-state index contributed by atoms with van der Waals surface area (Å²) in [5.41, 5.74) is 0.456. The number of carbonyl (C=O) groups excluding carboxylic acids is 1. The van der Waals surface area contributed by atoms with Gasteiger partial charge in [-0.1, -0.05) is 18.2 Å². The van der Waals surface area contributed by atoms with Crippen LogP contribution in [-0.2, 0) is 19.6 Å². The average molecular weight is 448 g/mol. The highest BCUT2D eigenvalue weighted by atomic mass is 32.2. The lowest BCUT2D eigenvalue weighted by molar-refractivity contribution is -0.148. The van der Waals surface area contributed by atoms with E-state index >= 15 is 0 Å². The van der Waals surface area contributed by atoms with Crippen molar-refractivity contribution < 1.29 is 27.9 Å². The van der Waals surface area contributed by atoms with Gasteiger partial charge in [-0.05, 0) is 44.4 Å². The van der Waals surface area contributed by atoms with Gasteiger partial charge in [-0.25, -0.2) is 18.2 Å². The smallest absolute Gasteiger partial charge is 0.337 e. The first-order chi connectivity index (χ1) is 14.7. The zero-order chi connectivity index (χ0) is 22.6. The van der Waals surface area contributed by atoms with Gasteiger partial charge in [0.15, 0.2) is 5.82 Å². The number of nitrogens with zero attached hydrogens (tertiary/aromatic N) is 2. The molecule has 1 aromatic carbocycles. The third-order valence-electron chi connectivity index (χ3n) is 5.08. The van der Waals surface area contributed by atoms with Crippen LogP contribution in [-0.4, -0.2) is 50.1 Å². The van der Waals surface area contributed by atoms with Gasteiger partial charge in [-0.3, -0.25) is 9.52 Å². The molecular weight excluding hydrogens is 422 g/mol. The summed E-state index contributed by atoms with van der Waals surface area (Å²) in [4.78, 5) is 29.7. The predicted molar refractivity (Wildman–Crippen MR) is 115 cm³/mol. The molecule has 1 aliphatic rings. The van der Waals surface area contributed by atoms with E-state index in [0.29, 0.717) is 31.5 Å². The lowest BCUT2D eigenvalue weighted by Gasteiger charge is -2.33. The summed E-state index contributed by atoms with van der Waals surface area (Å²) in [6.45, 7) is 4.55. The highest BCUT2D eigenvalue weighted by Crippen LogP contribution is 2.31. The van der Waals surface area contributed by atoms with E-state index in [2.05, 4.69) is 9.71 Å². The summed E-state index contributed by atoms with van der Waals surface area (Å²) in [5, 5.41) is 9.35. The molecule has 2 N–H and O–H groups in total. The van der Waals surface area contributed by atoms with Crippen LogP contribution in [0.1, 0.15) is 35.7 Å². The van der Waals surface area contributed by atoms with Gasteiger partial charge < -0.3 is 14.7 Å². The molecule has 1 atom stereocenters. The van der Waals surface area contributed by atoms with Crippen molar-refractivity contribution in [3.63, 3.8) is 0 Å². The van der Waals surface area contributed by atoms with E-state index in [1.165, 1.54) is 18.3 Å². The molecule has 1 aliphatic heterocycles. The lowest BCUT2D eigenvalue weighted by Crippen LogP contribution is -2.40. The standard InChI is InChI=1S/C21H25N3O6S/c1-3-30-21(27)15-8-6-10-24(13-15)19-17(11-16(12-22-19)20(25)26)23-31(28,29)18-9-5-4-7-14(18)2/h4-5,7,9,11-12,15,23H,3,6,8,10,13H2,1-2H3,(H,25,26)/t15-/m0/s1. The fourth-order valence-electron chi connectivity index (χ4n) is 3.58. The van der Waals surface area contributed by atoms with Crippen molar-refractivity contribution in [1.82, 2.24) is 4.98 Å². The number of hydrogen-bond donors (Lipinski definition) is 2. The number of rotatable bonds is 7. The normalized spacial score (nSPS) is 16.6. The second-order valence-electron chi connectivity index (χ2n) is 7.31. The molecule has 2 heterocycles. The molecule has 0 bridgehead atoms. The molecule has 3 rings (SSSR count). The number of carbonyl (C=O) groups is 2. The van der Waals surface area contributed by atoms with Crippen molar-refractivity contribution in [2.45, 2.75) is 31.6 Å². The van der Waals surface area contributed by atoms with Crippen molar-refractivity contribution in [1.29, 1.82) is 0 Å². The first-order valence-electron chi connectivity index (χ1n) is 9.96. The van der Waals surface area contributed by atoms with Gasteiger partial charge in [0.05, 0.1) is 28.7 Å². The largest absolute Gasteiger partial charge is 0.478 e. The first-order valence-corrected chi connectivity index (χ1v) is 11.4. The zero-order valence-electron chi connectivity index (χ0n) is 17.4. The molecule has 1 saturated heterocycles. The minimum absolute atomic E-state index is 0.0488. The number of carboxylic acids is 1. The number of pyridine rings is 1. The zero-order valence-corrected chi connectivity index (χ0v) is 18.2. The van der Waals surface area contributed by atoms with E-state index in [1.807, 2.05) is 0 Å². The number of ether oxygens (including phenoxy) is 1. The minimum atomic E-state index is -3.99. The monoisotopic (exact) mass is 447 g/mol. The summed E-state index contributed by atoms with van der Waals surface area (Å²) in [5.74, 6) is -1.62. The molecule has 10 heteroatoms. The highest BCUT2D eigenvalue weighted by molar-refractivity contribution is 7.92. The molecule has 166 valence electrons.